The zero-order valence-corrected chi connectivity index (χ0v) is 15.9. The zero-order valence-electron chi connectivity index (χ0n) is 15.9. The summed E-state index contributed by atoms with van der Waals surface area (Å²) in [6.07, 6.45) is 1.55. The molecular weight excluding hydrogens is 356 g/mol. The molecule has 0 atom stereocenters. The molecule has 8 nitrogen and oxygen atoms in total. The number of hydrogen-bond donors (Lipinski definition) is 2. The number of rotatable bonds is 4. The summed E-state index contributed by atoms with van der Waals surface area (Å²) in [5.41, 5.74) is 2.00. The lowest BCUT2D eigenvalue weighted by molar-refractivity contribution is 0.102. The van der Waals surface area contributed by atoms with Gasteiger partial charge in [0.15, 0.2) is 11.3 Å². The van der Waals surface area contributed by atoms with Gasteiger partial charge in [0, 0.05) is 23.0 Å². The summed E-state index contributed by atoms with van der Waals surface area (Å²) in [5, 5.41) is 16.0. The number of aromatic amines is 1. The van der Waals surface area contributed by atoms with Crippen molar-refractivity contribution in [3.8, 4) is 0 Å². The normalized spacial score (nSPS) is 11.4. The van der Waals surface area contributed by atoms with Crippen molar-refractivity contribution in [2.45, 2.75) is 27.3 Å². The smallest absolute Gasteiger partial charge is 0.276 e. The summed E-state index contributed by atoms with van der Waals surface area (Å²) in [6.45, 7) is 6.32. The molecule has 0 aliphatic heterocycles. The SMILES string of the molecule is Cc1[nH]nc2ncc(NC(=O)c3nn(CC(C)C)c(=O)c4ccccc34)cc12. The first-order valence-corrected chi connectivity index (χ1v) is 9.06. The summed E-state index contributed by atoms with van der Waals surface area (Å²) in [7, 11) is 0. The van der Waals surface area contributed by atoms with E-state index >= 15 is 0 Å². The zero-order chi connectivity index (χ0) is 19.8. The van der Waals surface area contributed by atoms with Crippen LogP contribution in [-0.4, -0.2) is 30.9 Å². The third-order valence-corrected chi connectivity index (χ3v) is 4.48. The molecule has 0 saturated heterocycles. The average molecular weight is 376 g/mol. The Labute approximate surface area is 160 Å². The minimum atomic E-state index is -0.393. The lowest BCUT2D eigenvalue weighted by Crippen LogP contribution is -2.29. The highest BCUT2D eigenvalue weighted by atomic mass is 16.2. The van der Waals surface area contributed by atoms with Crippen LogP contribution in [0.25, 0.3) is 21.8 Å². The number of carbonyl (C=O) groups excluding carboxylic acids is 1. The number of anilines is 1. The fourth-order valence-corrected chi connectivity index (χ4v) is 3.15. The van der Waals surface area contributed by atoms with Gasteiger partial charge in [0.25, 0.3) is 11.5 Å². The molecule has 0 spiro atoms. The van der Waals surface area contributed by atoms with Crippen LogP contribution in [-0.2, 0) is 6.54 Å². The number of aromatic nitrogens is 5. The Hall–Kier alpha value is -3.55. The van der Waals surface area contributed by atoms with Crippen molar-refractivity contribution in [3.05, 3.63) is 58.3 Å². The van der Waals surface area contributed by atoms with Gasteiger partial charge in [-0.25, -0.2) is 9.67 Å². The highest BCUT2D eigenvalue weighted by molar-refractivity contribution is 6.11. The van der Waals surface area contributed by atoms with E-state index in [0.717, 1.165) is 11.1 Å². The Balaban J connectivity index is 1.78. The van der Waals surface area contributed by atoms with Crippen LogP contribution in [0.1, 0.15) is 30.0 Å². The largest absolute Gasteiger partial charge is 0.319 e. The van der Waals surface area contributed by atoms with E-state index in [9.17, 15) is 9.59 Å². The first-order valence-electron chi connectivity index (χ1n) is 9.06. The van der Waals surface area contributed by atoms with Crippen LogP contribution in [0.15, 0.2) is 41.3 Å². The van der Waals surface area contributed by atoms with E-state index in [1.54, 1.807) is 30.5 Å². The second-order valence-corrected chi connectivity index (χ2v) is 7.17. The van der Waals surface area contributed by atoms with E-state index in [0.29, 0.717) is 28.7 Å². The molecule has 28 heavy (non-hydrogen) atoms. The van der Waals surface area contributed by atoms with E-state index in [-0.39, 0.29) is 17.2 Å². The highest BCUT2D eigenvalue weighted by Gasteiger charge is 2.18. The van der Waals surface area contributed by atoms with E-state index in [4.69, 9.17) is 0 Å². The third kappa shape index (κ3) is 3.13. The van der Waals surface area contributed by atoms with Crippen LogP contribution < -0.4 is 10.9 Å². The second-order valence-electron chi connectivity index (χ2n) is 7.17. The predicted molar refractivity (Wildman–Crippen MR) is 107 cm³/mol. The van der Waals surface area contributed by atoms with Gasteiger partial charge in [0.1, 0.15) is 0 Å². The first-order chi connectivity index (χ1) is 13.4. The van der Waals surface area contributed by atoms with Gasteiger partial charge in [0.05, 0.1) is 17.3 Å². The van der Waals surface area contributed by atoms with Gasteiger partial charge in [-0.2, -0.15) is 10.2 Å². The van der Waals surface area contributed by atoms with Crippen molar-refractivity contribution in [2.24, 2.45) is 5.92 Å². The molecule has 0 aliphatic rings. The van der Waals surface area contributed by atoms with Crippen LogP contribution >= 0.6 is 0 Å². The van der Waals surface area contributed by atoms with E-state index in [1.165, 1.54) is 4.68 Å². The molecule has 0 aliphatic carbocycles. The summed E-state index contributed by atoms with van der Waals surface area (Å²) < 4.78 is 1.36. The van der Waals surface area contributed by atoms with Crippen molar-refractivity contribution in [1.29, 1.82) is 0 Å². The van der Waals surface area contributed by atoms with E-state index in [2.05, 4.69) is 25.6 Å². The Morgan fingerprint density at radius 1 is 1.21 bits per heavy atom. The van der Waals surface area contributed by atoms with Crippen LogP contribution in [0.3, 0.4) is 0 Å². The maximum atomic E-state index is 13.0. The molecule has 0 fully saturated rings. The molecule has 0 saturated carbocycles. The molecule has 4 rings (SSSR count). The minimum Gasteiger partial charge on any atom is -0.319 e. The first kappa shape index (κ1) is 17.8. The van der Waals surface area contributed by atoms with Crippen LogP contribution in [0, 0.1) is 12.8 Å². The minimum absolute atomic E-state index is 0.196. The molecule has 1 aromatic carbocycles. The standard InChI is InChI=1S/C20H20N6O2/c1-11(2)10-26-20(28)15-7-5-4-6-14(15)17(25-26)19(27)22-13-8-16-12(3)23-24-18(16)21-9-13/h4-9,11H,10H2,1-3H3,(H,22,27)(H,21,23,24). The highest BCUT2D eigenvalue weighted by Crippen LogP contribution is 2.19. The van der Waals surface area contributed by atoms with Crippen LogP contribution in [0.5, 0.6) is 0 Å². The molecule has 0 radical (unpaired) electrons. The third-order valence-electron chi connectivity index (χ3n) is 4.48. The molecule has 8 heteroatoms. The lowest BCUT2D eigenvalue weighted by Gasteiger charge is -2.12. The number of amides is 1. The molecule has 3 heterocycles. The number of nitrogens with zero attached hydrogens (tertiary/aromatic N) is 4. The summed E-state index contributed by atoms with van der Waals surface area (Å²) >= 11 is 0. The summed E-state index contributed by atoms with van der Waals surface area (Å²) in [5.74, 6) is -0.172. The van der Waals surface area contributed by atoms with Crippen molar-refractivity contribution >= 4 is 33.4 Å². The number of H-pyrrole nitrogens is 1. The summed E-state index contributed by atoms with van der Waals surface area (Å²) in [4.78, 5) is 29.9. The Kier molecular flexibility index (Phi) is 4.38. The molecule has 1 amide bonds. The second kappa shape index (κ2) is 6.88. The van der Waals surface area contributed by atoms with E-state index in [1.807, 2.05) is 26.8 Å². The van der Waals surface area contributed by atoms with Gasteiger partial charge in [-0.1, -0.05) is 32.0 Å². The number of hydrogen-bond acceptors (Lipinski definition) is 5. The monoisotopic (exact) mass is 376 g/mol. The molecule has 0 bridgehead atoms. The molecule has 2 N–H and O–H groups in total. The van der Waals surface area contributed by atoms with Gasteiger partial charge in [-0.05, 0) is 25.0 Å². The Morgan fingerprint density at radius 3 is 2.71 bits per heavy atom. The van der Waals surface area contributed by atoms with Crippen molar-refractivity contribution in [3.63, 3.8) is 0 Å². The molecule has 4 aromatic rings. The van der Waals surface area contributed by atoms with Crippen LogP contribution in [0.2, 0.25) is 0 Å². The molecule has 142 valence electrons. The van der Waals surface area contributed by atoms with Gasteiger partial charge < -0.3 is 5.32 Å². The number of fused-ring (bicyclic) bond motifs is 2. The number of pyridine rings is 1. The van der Waals surface area contributed by atoms with Gasteiger partial charge in [-0.15, -0.1) is 0 Å². The molecule has 3 aromatic heterocycles. The van der Waals surface area contributed by atoms with Crippen LogP contribution in [0.4, 0.5) is 5.69 Å². The van der Waals surface area contributed by atoms with Crippen molar-refractivity contribution in [1.82, 2.24) is 25.0 Å². The number of benzene rings is 1. The Morgan fingerprint density at radius 2 is 1.96 bits per heavy atom. The van der Waals surface area contributed by atoms with Gasteiger partial charge >= 0.3 is 0 Å². The molecular formula is C20H20N6O2. The van der Waals surface area contributed by atoms with Crippen molar-refractivity contribution < 1.29 is 4.79 Å². The lowest BCUT2D eigenvalue weighted by atomic mass is 10.1. The van der Waals surface area contributed by atoms with Gasteiger partial charge in [0.2, 0.25) is 0 Å². The predicted octanol–water partition coefficient (Wildman–Crippen LogP) is 2.88. The topological polar surface area (TPSA) is 106 Å². The molecule has 0 unspecified atom stereocenters. The Bertz CT molecular complexity index is 1250. The van der Waals surface area contributed by atoms with Crippen molar-refractivity contribution in [2.75, 3.05) is 5.32 Å². The number of carbonyl (C=O) groups is 1. The average Bonchev–Trinajstić information content (AvgIpc) is 3.04. The quantitative estimate of drug-likeness (QED) is 0.570. The van der Waals surface area contributed by atoms with E-state index < -0.39 is 5.91 Å². The maximum absolute atomic E-state index is 13.0. The van der Waals surface area contributed by atoms with Gasteiger partial charge in [-0.3, -0.25) is 14.7 Å². The fraction of sp³-hybridized carbons (Fsp3) is 0.250. The fourth-order valence-electron chi connectivity index (χ4n) is 3.15. The summed E-state index contributed by atoms with van der Waals surface area (Å²) in [6, 6.07) is 8.83. The maximum Gasteiger partial charge on any atom is 0.276 e. The number of nitrogens with one attached hydrogen (secondary N) is 2. The number of aryl methyl sites for hydroxylation is 1.